The van der Waals surface area contributed by atoms with Crippen molar-refractivity contribution in [2.24, 2.45) is 0 Å². The van der Waals surface area contributed by atoms with Crippen LogP contribution in [0.1, 0.15) is 15.9 Å². The maximum atomic E-state index is 12.5. The van der Waals surface area contributed by atoms with Gasteiger partial charge in [-0.1, -0.05) is 30.3 Å². The zero-order chi connectivity index (χ0) is 21.6. The van der Waals surface area contributed by atoms with E-state index < -0.39 is 28.3 Å². The van der Waals surface area contributed by atoms with E-state index in [1.165, 1.54) is 11.0 Å². The number of phenolic OH excluding ortho intramolecular Hbond substituents is 1. The summed E-state index contributed by atoms with van der Waals surface area (Å²) in [5.74, 6) is -1.82. The largest absolute Gasteiger partial charge is 0.507 e. The molecule has 3 rings (SSSR count). The van der Waals surface area contributed by atoms with Gasteiger partial charge in [0.1, 0.15) is 11.3 Å². The number of morpholine rings is 1. The first-order valence-electron chi connectivity index (χ1n) is 9.26. The second kappa shape index (κ2) is 9.70. The van der Waals surface area contributed by atoms with Crippen LogP contribution in [0.3, 0.4) is 0 Å². The Balaban J connectivity index is 1.66. The maximum absolute atomic E-state index is 12.5. The number of nitrogens with one attached hydrogen (secondary N) is 1. The molecule has 2 N–H and O–H groups in total. The summed E-state index contributed by atoms with van der Waals surface area (Å²) in [4.78, 5) is 25.7. The molecular weight excluding hydrogens is 412 g/mol. The van der Waals surface area contributed by atoms with E-state index in [4.69, 9.17) is 9.47 Å². The number of hydrogen-bond acceptors (Lipinski definition) is 7. The van der Waals surface area contributed by atoms with Gasteiger partial charge in [-0.3, -0.25) is 4.79 Å². The molecule has 1 aliphatic rings. The summed E-state index contributed by atoms with van der Waals surface area (Å²) in [5.41, 5.74) is 0.425. The summed E-state index contributed by atoms with van der Waals surface area (Å²) >= 11 is 0. The minimum Gasteiger partial charge on any atom is -0.507 e. The number of benzene rings is 2. The van der Waals surface area contributed by atoms with Crippen LogP contribution in [0.4, 0.5) is 0 Å². The Bertz CT molecular complexity index is 1000. The van der Waals surface area contributed by atoms with Crippen LogP contribution < -0.4 is 4.72 Å². The third-order valence-electron chi connectivity index (χ3n) is 4.50. The number of amides is 1. The monoisotopic (exact) mass is 434 g/mol. The van der Waals surface area contributed by atoms with Gasteiger partial charge in [0, 0.05) is 19.6 Å². The molecule has 10 heteroatoms. The van der Waals surface area contributed by atoms with Gasteiger partial charge < -0.3 is 19.5 Å². The third-order valence-corrected chi connectivity index (χ3v) is 5.90. The van der Waals surface area contributed by atoms with Crippen LogP contribution in [-0.4, -0.2) is 63.2 Å². The quantitative estimate of drug-likeness (QED) is 0.621. The second-order valence-corrected chi connectivity index (χ2v) is 8.33. The van der Waals surface area contributed by atoms with Gasteiger partial charge >= 0.3 is 5.97 Å². The standard InChI is InChI=1S/C20H22N2O7S/c23-18-7-6-16(30(26,27)21-13-15-4-2-1-3-5-15)12-17(18)20(25)29-14-19(24)22-8-10-28-11-9-22/h1-7,12,21,23H,8-11,13-14H2. The molecule has 0 unspecified atom stereocenters. The smallest absolute Gasteiger partial charge is 0.342 e. The number of esters is 1. The van der Waals surface area contributed by atoms with E-state index in [2.05, 4.69) is 4.72 Å². The summed E-state index contributed by atoms with van der Waals surface area (Å²) in [6, 6.07) is 12.2. The van der Waals surface area contributed by atoms with E-state index in [1.54, 1.807) is 24.3 Å². The number of aromatic hydroxyl groups is 1. The van der Waals surface area contributed by atoms with E-state index in [-0.39, 0.29) is 22.9 Å². The first kappa shape index (κ1) is 21.8. The van der Waals surface area contributed by atoms with Crippen molar-refractivity contribution in [3.05, 3.63) is 59.7 Å². The number of phenols is 1. The highest BCUT2D eigenvalue weighted by molar-refractivity contribution is 7.89. The molecule has 1 heterocycles. The Morgan fingerprint density at radius 1 is 1.10 bits per heavy atom. The van der Waals surface area contributed by atoms with Crippen molar-refractivity contribution in [2.45, 2.75) is 11.4 Å². The zero-order valence-corrected chi connectivity index (χ0v) is 16.9. The third kappa shape index (κ3) is 5.56. The van der Waals surface area contributed by atoms with Gasteiger partial charge in [0.2, 0.25) is 10.0 Å². The van der Waals surface area contributed by atoms with Gasteiger partial charge in [-0.25, -0.2) is 17.9 Å². The predicted molar refractivity (Wildman–Crippen MR) is 106 cm³/mol. The summed E-state index contributed by atoms with van der Waals surface area (Å²) < 4.78 is 37.7. The van der Waals surface area contributed by atoms with Crippen LogP contribution in [0.25, 0.3) is 0 Å². The molecular formula is C20H22N2O7S. The Morgan fingerprint density at radius 2 is 1.80 bits per heavy atom. The fraction of sp³-hybridized carbons (Fsp3) is 0.300. The molecule has 0 saturated carbocycles. The molecule has 1 aliphatic heterocycles. The van der Waals surface area contributed by atoms with Gasteiger partial charge in [0.25, 0.3) is 5.91 Å². The first-order valence-corrected chi connectivity index (χ1v) is 10.7. The molecule has 0 bridgehead atoms. The fourth-order valence-corrected chi connectivity index (χ4v) is 3.86. The van der Waals surface area contributed by atoms with E-state index in [1.807, 2.05) is 6.07 Å². The van der Waals surface area contributed by atoms with Crippen LogP contribution in [0, 0.1) is 0 Å². The first-order chi connectivity index (χ1) is 14.4. The lowest BCUT2D eigenvalue weighted by atomic mass is 10.2. The van der Waals surface area contributed by atoms with Gasteiger partial charge in [0.15, 0.2) is 6.61 Å². The minimum atomic E-state index is -3.94. The van der Waals surface area contributed by atoms with Crippen molar-refractivity contribution in [3.8, 4) is 5.75 Å². The summed E-state index contributed by atoms with van der Waals surface area (Å²) in [5, 5.41) is 9.97. The molecule has 0 aliphatic carbocycles. The summed E-state index contributed by atoms with van der Waals surface area (Å²) in [6.07, 6.45) is 0. The molecule has 30 heavy (non-hydrogen) atoms. The SMILES string of the molecule is O=C(OCC(=O)N1CCOCC1)c1cc(S(=O)(=O)NCc2ccccc2)ccc1O. The summed E-state index contributed by atoms with van der Waals surface area (Å²) in [6.45, 7) is 1.19. The lowest BCUT2D eigenvalue weighted by molar-refractivity contribution is -0.138. The van der Waals surface area contributed by atoms with Crippen molar-refractivity contribution in [1.29, 1.82) is 0 Å². The van der Waals surface area contributed by atoms with Crippen molar-refractivity contribution < 1.29 is 32.6 Å². The number of hydrogen-bond donors (Lipinski definition) is 2. The van der Waals surface area contributed by atoms with Crippen molar-refractivity contribution in [1.82, 2.24) is 9.62 Å². The average Bonchev–Trinajstić information content (AvgIpc) is 2.77. The van der Waals surface area contributed by atoms with Crippen LogP contribution in [0.15, 0.2) is 53.4 Å². The molecule has 1 amide bonds. The highest BCUT2D eigenvalue weighted by Gasteiger charge is 2.22. The van der Waals surface area contributed by atoms with E-state index in [0.29, 0.717) is 26.3 Å². The molecule has 0 radical (unpaired) electrons. The minimum absolute atomic E-state index is 0.0673. The van der Waals surface area contributed by atoms with Crippen molar-refractivity contribution in [2.75, 3.05) is 32.9 Å². The van der Waals surface area contributed by atoms with Crippen molar-refractivity contribution in [3.63, 3.8) is 0 Å². The zero-order valence-electron chi connectivity index (χ0n) is 16.1. The van der Waals surface area contributed by atoms with Crippen molar-refractivity contribution >= 4 is 21.9 Å². The van der Waals surface area contributed by atoms with E-state index >= 15 is 0 Å². The molecule has 0 atom stereocenters. The molecule has 9 nitrogen and oxygen atoms in total. The number of carbonyl (C=O) groups excluding carboxylic acids is 2. The second-order valence-electron chi connectivity index (χ2n) is 6.56. The van der Waals surface area contributed by atoms with Crippen LogP contribution >= 0.6 is 0 Å². The average molecular weight is 434 g/mol. The summed E-state index contributed by atoms with van der Waals surface area (Å²) in [7, 11) is -3.94. The van der Waals surface area contributed by atoms with E-state index in [0.717, 1.165) is 17.7 Å². The molecule has 1 saturated heterocycles. The Labute approximate surface area is 174 Å². The predicted octanol–water partition coefficient (Wildman–Crippen LogP) is 0.886. The number of ether oxygens (including phenoxy) is 2. The molecule has 1 fully saturated rings. The lowest BCUT2D eigenvalue weighted by Crippen LogP contribution is -2.42. The lowest BCUT2D eigenvalue weighted by Gasteiger charge is -2.26. The highest BCUT2D eigenvalue weighted by Crippen LogP contribution is 2.22. The molecule has 2 aromatic rings. The number of rotatable bonds is 7. The topological polar surface area (TPSA) is 122 Å². The number of sulfonamides is 1. The highest BCUT2D eigenvalue weighted by atomic mass is 32.2. The number of nitrogens with zero attached hydrogens (tertiary/aromatic N) is 1. The van der Waals surface area contributed by atoms with Gasteiger partial charge in [0.05, 0.1) is 18.1 Å². The maximum Gasteiger partial charge on any atom is 0.342 e. The Morgan fingerprint density at radius 3 is 2.50 bits per heavy atom. The van der Waals surface area contributed by atoms with Crippen LogP contribution in [0.5, 0.6) is 5.75 Å². The van der Waals surface area contributed by atoms with Crippen LogP contribution in [-0.2, 0) is 30.8 Å². The molecule has 0 aromatic heterocycles. The van der Waals surface area contributed by atoms with Gasteiger partial charge in [-0.2, -0.15) is 0 Å². The number of carbonyl (C=O) groups is 2. The van der Waals surface area contributed by atoms with Gasteiger partial charge in [-0.05, 0) is 23.8 Å². The molecule has 0 spiro atoms. The van der Waals surface area contributed by atoms with Crippen LogP contribution in [0.2, 0.25) is 0 Å². The Hall–Kier alpha value is -2.95. The molecule has 2 aromatic carbocycles. The van der Waals surface area contributed by atoms with Gasteiger partial charge in [-0.15, -0.1) is 0 Å². The normalized spacial score (nSPS) is 14.3. The fourth-order valence-electron chi connectivity index (χ4n) is 2.81. The Kier molecular flexibility index (Phi) is 7.03. The molecule has 160 valence electrons. The van der Waals surface area contributed by atoms with E-state index in [9.17, 15) is 23.1 Å².